The molecule has 0 fully saturated rings. The topological polar surface area (TPSA) is 61.8 Å². The standard InChI is InChI=1S/C14H23BrN2O4/c1-16-10-12-9-13(15)11-17-14(12)21-8-7-20-6-5-19-4-3-18-2/h9,11,16H,3-8,10H2,1-2H3. The van der Waals surface area contributed by atoms with E-state index in [2.05, 4.69) is 26.2 Å². The molecule has 1 N–H and O–H groups in total. The van der Waals surface area contributed by atoms with E-state index in [9.17, 15) is 0 Å². The van der Waals surface area contributed by atoms with Gasteiger partial charge in [0, 0.05) is 29.9 Å². The Morgan fingerprint density at radius 2 is 1.76 bits per heavy atom. The molecule has 0 aromatic carbocycles. The molecule has 1 aromatic heterocycles. The third kappa shape index (κ3) is 8.33. The maximum absolute atomic E-state index is 5.63. The minimum absolute atomic E-state index is 0.462. The molecule has 0 aliphatic carbocycles. The summed E-state index contributed by atoms with van der Waals surface area (Å²) in [5, 5.41) is 3.09. The van der Waals surface area contributed by atoms with Gasteiger partial charge >= 0.3 is 0 Å². The highest BCUT2D eigenvalue weighted by atomic mass is 79.9. The van der Waals surface area contributed by atoms with Crippen LogP contribution in [0.25, 0.3) is 0 Å². The first-order chi connectivity index (χ1) is 10.3. The van der Waals surface area contributed by atoms with Gasteiger partial charge in [-0.3, -0.25) is 0 Å². The molecule has 0 aliphatic heterocycles. The minimum Gasteiger partial charge on any atom is -0.475 e. The van der Waals surface area contributed by atoms with Gasteiger partial charge in [-0.25, -0.2) is 4.98 Å². The first-order valence-electron chi connectivity index (χ1n) is 6.84. The zero-order valence-electron chi connectivity index (χ0n) is 12.6. The molecule has 120 valence electrons. The maximum atomic E-state index is 5.63. The van der Waals surface area contributed by atoms with Crippen molar-refractivity contribution in [3.8, 4) is 5.88 Å². The Bertz CT molecular complexity index is 393. The van der Waals surface area contributed by atoms with E-state index in [-0.39, 0.29) is 0 Å². The van der Waals surface area contributed by atoms with E-state index in [4.69, 9.17) is 18.9 Å². The van der Waals surface area contributed by atoms with Crippen molar-refractivity contribution in [2.75, 3.05) is 53.8 Å². The molecule has 0 amide bonds. The number of pyridine rings is 1. The zero-order chi connectivity index (χ0) is 15.3. The molecule has 0 unspecified atom stereocenters. The van der Waals surface area contributed by atoms with Gasteiger partial charge in [-0.1, -0.05) is 0 Å². The van der Waals surface area contributed by atoms with Crippen LogP contribution in [0.3, 0.4) is 0 Å². The molecule has 1 aromatic rings. The molecule has 0 atom stereocenters. The van der Waals surface area contributed by atoms with E-state index >= 15 is 0 Å². The average Bonchev–Trinajstić information content (AvgIpc) is 2.48. The molecule has 7 heteroatoms. The number of hydrogen-bond donors (Lipinski definition) is 1. The van der Waals surface area contributed by atoms with Gasteiger partial charge in [0.2, 0.25) is 5.88 Å². The quantitative estimate of drug-likeness (QED) is 0.570. The molecule has 0 saturated heterocycles. The number of aromatic nitrogens is 1. The van der Waals surface area contributed by atoms with Crippen molar-refractivity contribution in [3.05, 3.63) is 22.3 Å². The highest BCUT2D eigenvalue weighted by Crippen LogP contribution is 2.19. The van der Waals surface area contributed by atoms with Gasteiger partial charge in [0.05, 0.1) is 33.0 Å². The summed E-state index contributed by atoms with van der Waals surface area (Å²) in [4.78, 5) is 4.26. The van der Waals surface area contributed by atoms with Crippen molar-refractivity contribution in [2.45, 2.75) is 6.54 Å². The van der Waals surface area contributed by atoms with Crippen molar-refractivity contribution < 1.29 is 18.9 Å². The molecule has 0 bridgehead atoms. The highest BCUT2D eigenvalue weighted by molar-refractivity contribution is 9.10. The fraction of sp³-hybridized carbons (Fsp3) is 0.643. The first-order valence-corrected chi connectivity index (χ1v) is 7.63. The predicted molar refractivity (Wildman–Crippen MR) is 83.7 cm³/mol. The van der Waals surface area contributed by atoms with Crippen molar-refractivity contribution in [1.29, 1.82) is 0 Å². The summed E-state index contributed by atoms with van der Waals surface area (Å²) in [6, 6.07) is 1.99. The van der Waals surface area contributed by atoms with Gasteiger partial charge in [0.1, 0.15) is 6.61 Å². The van der Waals surface area contributed by atoms with Crippen molar-refractivity contribution >= 4 is 15.9 Å². The van der Waals surface area contributed by atoms with E-state index in [0.717, 1.165) is 10.0 Å². The first kappa shape index (κ1) is 18.3. The van der Waals surface area contributed by atoms with E-state index in [1.54, 1.807) is 13.3 Å². The Balaban J connectivity index is 2.15. The van der Waals surface area contributed by atoms with Gasteiger partial charge < -0.3 is 24.3 Å². The van der Waals surface area contributed by atoms with Crippen LogP contribution in [0.1, 0.15) is 5.56 Å². The van der Waals surface area contributed by atoms with Crippen LogP contribution < -0.4 is 10.1 Å². The number of rotatable bonds is 12. The van der Waals surface area contributed by atoms with Crippen LogP contribution in [0, 0.1) is 0 Å². The van der Waals surface area contributed by atoms with Crippen LogP contribution in [0.2, 0.25) is 0 Å². The van der Waals surface area contributed by atoms with Crippen LogP contribution in [-0.2, 0) is 20.8 Å². The van der Waals surface area contributed by atoms with Gasteiger partial charge in [0.25, 0.3) is 0 Å². The molecule has 0 radical (unpaired) electrons. The second-order valence-electron chi connectivity index (χ2n) is 4.21. The number of methoxy groups -OCH3 is 1. The van der Waals surface area contributed by atoms with Gasteiger partial charge in [0.15, 0.2) is 0 Å². The lowest BCUT2D eigenvalue weighted by Crippen LogP contribution is -2.14. The molecule has 1 rings (SSSR count). The third-order valence-corrected chi connectivity index (χ3v) is 2.96. The molecular weight excluding hydrogens is 340 g/mol. The van der Waals surface area contributed by atoms with Crippen molar-refractivity contribution in [2.24, 2.45) is 0 Å². The highest BCUT2D eigenvalue weighted by Gasteiger charge is 2.05. The van der Waals surface area contributed by atoms with Gasteiger partial charge in [-0.15, -0.1) is 0 Å². The number of ether oxygens (including phenoxy) is 4. The molecule has 21 heavy (non-hydrogen) atoms. The number of hydrogen-bond acceptors (Lipinski definition) is 6. The maximum Gasteiger partial charge on any atom is 0.217 e. The van der Waals surface area contributed by atoms with Crippen LogP contribution in [0.15, 0.2) is 16.7 Å². The Hall–Kier alpha value is -0.730. The van der Waals surface area contributed by atoms with Crippen molar-refractivity contribution in [1.82, 2.24) is 10.3 Å². The Kier molecular flexibility index (Phi) is 10.4. The fourth-order valence-electron chi connectivity index (χ4n) is 1.58. The molecule has 0 saturated carbocycles. The monoisotopic (exact) mass is 362 g/mol. The SMILES string of the molecule is CNCc1cc(Br)cnc1OCCOCCOCCOC. The summed E-state index contributed by atoms with van der Waals surface area (Å²) in [6.07, 6.45) is 1.72. The van der Waals surface area contributed by atoms with Gasteiger partial charge in [-0.2, -0.15) is 0 Å². The van der Waals surface area contributed by atoms with E-state index < -0.39 is 0 Å². The predicted octanol–water partition coefficient (Wildman–Crippen LogP) is 1.62. The molecular formula is C14H23BrN2O4. The minimum atomic E-state index is 0.462. The van der Waals surface area contributed by atoms with Crippen LogP contribution >= 0.6 is 15.9 Å². The molecule has 1 heterocycles. The van der Waals surface area contributed by atoms with E-state index in [0.29, 0.717) is 52.1 Å². The fourth-order valence-corrected chi connectivity index (χ4v) is 1.96. The van der Waals surface area contributed by atoms with Crippen LogP contribution in [0.4, 0.5) is 0 Å². The Morgan fingerprint density at radius 1 is 1.10 bits per heavy atom. The number of nitrogens with zero attached hydrogens (tertiary/aromatic N) is 1. The van der Waals surface area contributed by atoms with E-state index in [1.807, 2.05) is 13.1 Å². The zero-order valence-corrected chi connectivity index (χ0v) is 14.1. The summed E-state index contributed by atoms with van der Waals surface area (Å²) in [6.45, 7) is 3.97. The second-order valence-corrected chi connectivity index (χ2v) is 5.13. The summed E-state index contributed by atoms with van der Waals surface area (Å²) in [5.74, 6) is 0.632. The third-order valence-electron chi connectivity index (χ3n) is 2.53. The lowest BCUT2D eigenvalue weighted by atomic mass is 10.3. The Labute approximate surface area is 134 Å². The van der Waals surface area contributed by atoms with Crippen molar-refractivity contribution in [3.63, 3.8) is 0 Å². The average molecular weight is 363 g/mol. The molecule has 0 spiro atoms. The lowest BCUT2D eigenvalue weighted by molar-refractivity contribution is 0.0176. The number of halogens is 1. The van der Waals surface area contributed by atoms with Crippen LogP contribution in [-0.4, -0.2) is 58.8 Å². The van der Waals surface area contributed by atoms with E-state index in [1.165, 1.54) is 0 Å². The van der Waals surface area contributed by atoms with Crippen LogP contribution in [0.5, 0.6) is 5.88 Å². The second kappa shape index (κ2) is 11.9. The normalized spacial score (nSPS) is 10.8. The largest absolute Gasteiger partial charge is 0.475 e. The summed E-state index contributed by atoms with van der Waals surface area (Å²) in [7, 11) is 3.53. The summed E-state index contributed by atoms with van der Waals surface area (Å²) >= 11 is 3.40. The summed E-state index contributed by atoms with van der Waals surface area (Å²) in [5.41, 5.74) is 1.01. The summed E-state index contributed by atoms with van der Waals surface area (Å²) < 4.78 is 22.1. The molecule has 6 nitrogen and oxygen atoms in total. The number of nitrogens with one attached hydrogen (secondary N) is 1. The Morgan fingerprint density at radius 3 is 2.43 bits per heavy atom. The molecule has 0 aliphatic rings. The smallest absolute Gasteiger partial charge is 0.217 e. The lowest BCUT2D eigenvalue weighted by Gasteiger charge is -2.11. The van der Waals surface area contributed by atoms with Gasteiger partial charge in [-0.05, 0) is 29.0 Å².